The summed E-state index contributed by atoms with van der Waals surface area (Å²) in [5.41, 5.74) is -0.766. The number of methoxy groups -OCH3 is 1. The largest absolute Gasteiger partial charge is 0.419 e. The first-order valence-electron chi connectivity index (χ1n) is 5.79. The van der Waals surface area contributed by atoms with Crippen molar-refractivity contribution < 1.29 is 22.3 Å². The van der Waals surface area contributed by atoms with Gasteiger partial charge in [-0.2, -0.15) is 13.2 Å². The summed E-state index contributed by atoms with van der Waals surface area (Å²) in [6, 6.07) is 2.27. The Bertz CT molecular complexity index is 431. The second kappa shape index (κ2) is 6.34. The van der Waals surface area contributed by atoms with E-state index >= 15 is 0 Å². The Balaban J connectivity index is 2.99. The number of hydrogen-bond acceptors (Lipinski definition) is 2. The molecule has 0 heterocycles. The molecule has 0 N–H and O–H groups in total. The summed E-state index contributed by atoms with van der Waals surface area (Å²) in [6.45, 7) is 2.59. The van der Waals surface area contributed by atoms with Crippen LogP contribution >= 0.6 is 0 Å². The molecule has 0 unspecified atom stereocenters. The van der Waals surface area contributed by atoms with E-state index in [2.05, 4.69) is 0 Å². The van der Waals surface area contributed by atoms with Crippen molar-refractivity contribution in [3.63, 3.8) is 0 Å². The smallest absolute Gasteiger partial charge is 0.383 e. The lowest BCUT2D eigenvalue weighted by molar-refractivity contribution is -0.140. The van der Waals surface area contributed by atoms with E-state index in [1.165, 1.54) is 20.1 Å². The van der Waals surface area contributed by atoms with E-state index in [9.17, 15) is 17.6 Å². The minimum Gasteiger partial charge on any atom is -0.383 e. The van der Waals surface area contributed by atoms with E-state index in [-0.39, 0.29) is 12.1 Å². The minimum absolute atomic E-state index is 0.0472. The third-order valence-corrected chi connectivity index (χ3v) is 2.72. The molecule has 0 saturated heterocycles. The Morgan fingerprint density at radius 3 is 2.42 bits per heavy atom. The molecule has 19 heavy (non-hydrogen) atoms. The van der Waals surface area contributed by atoms with Gasteiger partial charge in [-0.1, -0.05) is 6.07 Å². The Kier molecular flexibility index (Phi) is 5.31. The number of rotatable bonds is 5. The van der Waals surface area contributed by atoms with Crippen LogP contribution in [0.3, 0.4) is 0 Å². The van der Waals surface area contributed by atoms with Crippen LogP contribution in [0.4, 0.5) is 17.6 Å². The van der Waals surface area contributed by atoms with Crippen LogP contribution in [-0.2, 0) is 17.5 Å². The minimum atomic E-state index is -4.67. The molecule has 0 aliphatic rings. The number of hydrogen-bond donors (Lipinski definition) is 0. The highest BCUT2D eigenvalue weighted by atomic mass is 19.4. The maximum absolute atomic E-state index is 13.9. The van der Waals surface area contributed by atoms with Gasteiger partial charge in [0.25, 0.3) is 0 Å². The molecule has 0 bridgehead atoms. The van der Waals surface area contributed by atoms with Crippen molar-refractivity contribution in [3.8, 4) is 0 Å². The molecule has 0 spiro atoms. The van der Waals surface area contributed by atoms with Crippen LogP contribution in [0.15, 0.2) is 12.1 Å². The molecule has 0 aliphatic heterocycles. The molecular formula is C13H17F4NO. The fourth-order valence-electron chi connectivity index (χ4n) is 1.78. The van der Waals surface area contributed by atoms with Crippen molar-refractivity contribution in [2.45, 2.75) is 19.6 Å². The van der Waals surface area contributed by atoms with Gasteiger partial charge in [-0.25, -0.2) is 4.39 Å². The first-order chi connectivity index (χ1) is 8.75. The van der Waals surface area contributed by atoms with E-state index in [1.54, 1.807) is 11.9 Å². The molecule has 1 aromatic rings. The predicted octanol–water partition coefficient (Wildman–Crippen LogP) is 3.23. The Morgan fingerprint density at radius 1 is 1.26 bits per heavy atom. The lowest BCUT2D eigenvalue weighted by Crippen LogP contribution is -2.23. The summed E-state index contributed by atoms with van der Waals surface area (Å²) >= 11 is 0. The zero-order valence-electron chi connectivity index (χ0n) is 11.1. The molecule has 0 amide bonds. The third-order valence-electron chi connectivity index (χ3n) is 2.72. The summed E-state index contributed by atoms with van der Waals surface area (Å²) in [7, 11) is 3.23. The summed E-state index contributed by atoms with van der Waals surface area (Å²) in [6.07, 6.45) is -4.67. The maximum Gasteiger partial charge on any atom is 0.419 e. The lowest BCUT2D eigenvalue weighted by Gasteiger charge is -2.19. The van der Waals surface area contributed by atoms with Gasteiger partial charge >= 0.3 is 6.18 Å². The van der Waals surface area contributed by atoms with Crippen LogP contribution in [0.5, 0.6) is 0 Å². The number of ether oxygens (including phenoxy) is 1. The van der Waals surface area contributed by atoms with Crippen LogP contribution in [0, 0.1) is 12.7 Å². The van der Waals surface area contributed by atoms with Crippen LogP contribution in [-0.4, -0.2) is 32.2 Å². The molecule has 0 atom stereocenters. The second-order valence-electron chi connectivity index (χ2n) is 4.51. The normalized spacial score (nSPS) is 12.2. The molecule has 1 aromatic carbocycles. The molecule has 0 radical (unpaired) electrons. The van der Waals surface area contributed by atoms with Crippen molar-refractivity contribution in [1.82, 2.24) is 4.90 Å². The van der Waals surface area contributed by atoms with Gasteiger partial charge in [0.05, 0.1) is 12.2 Å². The average Bonchev–Trinajstić information content (AvgIpc) is 2.29. The van der Waals surface area contributed by atoms with Gasteiger partial charge in [-0.15, -0.1) is 0 Å². The zero-order chi connectivity index (χ0) is 14.6. The molecular weight excluding hydrogens is 262 g/mol. The summed E-state index contributed by atoms with van der Waals surface area (Å²) < 4.78 is 56.7. The van der Waals surface area contributed by atoms with E-state index < -0.39 is 17.6 Å². The van der Waals surface area contributed by atoms with Gasteiger partial charge < -0.3 is 4.74 Å². The highest BCUT2D eigenvalue weighted by molar-refractivity contribution is 5.33. The highest BCUT2D eigenvalue weighted by Gasteiger charge is 2.35. The number of nitrogens with zero attached hydrogens (tertiary/aromatic N) is 1. The fraction of sp³-hybridized carbons (Fsp3) is 0.538. The molecule has 0 fully saturated rings. The van der Waals surface area contributed by atoms with Crippen LogP contribution in [0.1, 0.15) is 16.7 Å². The molecule has 0 aliphatic carbocycles. The highest BCUT2D eigenvalue weighted by Crippen LogP contribution is 2.33. The third kappa shape index (κ3) is 4.47. The van der Waals surface area contributed by atoms with Gasteiger partial charge in [0.2, 0.25) is 0 Å². The van der Waals surface area contributed by atoms with Gasteiger partial charge in [0, 0.05) is 25.8 Å². The van der Waals surface area contributed by atoms with E-state index in [0.29, 0.717) is 18.7 Å². The second-order valence-corrected chi connectivity index (χ2v) is 4.51. The van der Waals surface area contributed by atoms with Crippen molar-refractivity contribution in [3.05, 3.63) is 34.6 Å². The van der Waals surface area contributed by atoms with Crippen LogP contribution in [0.25, 0.3) is 0 Å². The SMILES string of the molecule is COCCN(C)Cc1cc(C)cc(C(F)(F)F)c1F. The van der Waals surface area contributed by atoms with Gasteiger partial charge in [0.15, 0.2) is 0 Å². The average molecular weight is 279 g/mol. The molecule has 0 aromatic heterocycles. The monoisotopic (exact) mass is 279 g/mol. The fourth-order valence-corrected chi connectivity index (χ4v) is 1.78. The Morgan fingerprint density at radius 2 is 1.89 bits per heavy atom. The van der Waals surface area contributed by atoms with E-state index in [1.807, 2.05) is 0 Å². The maximum atomic E-state index is 13.9. The molecule has 108 valence electrons. The molecule has 2 nitrogen and oxygen atoms in total. The van der Waals surface area contributed by atoms with Gasteiger partial charge in [-0.05, 0) is 25.6 Å². The van der Waals surface area contributed by atoms with E-state index in [4.69, 9.17) is 4.74 Å². The predicted molar refractivity (Wildman–Crippen MR) is 64.3 cm³/mol. The molecule has 1 rings (SSSR count). The Labute approximate surface area is 110 Å². The number of benzene rings is 1. The van der Waals surface area contributed by atoms with Crippen molar-refractivity contribution in [1.29, 1.82) is 0 Å². The van der Waals surface area contributed by atoms with Crippen molar-refractivity contribution in [2.24, 2.45) is 0 Å². The molecule has 0 saturated carbocycles. The summed E-state index contributed by atoms with van der Waals surface area (Å²) in [5, 5.41) is 0. The van der Waals surface area contributed by atoms with Crippen LogP contribution < -0.4 is 0 Å². The molecule has 6 heteroatoms. The summed E-state index contributed by atoms with van der Waals surface area (Å²) in [4.78, 5) is 1.71. The first-order valence-corrected chi connectivity index (χ1v) is 5.79. The number of alkyl halides is 3. The number of aryl methyl sites for hydroxylation is 1. The topological polar surface area (TPSA) is 12.5 Å². The van der Waals surface area contributed by atoms with Crippen LogP contribution in [0.2, 0.25) is 0 Å². The number of likely N-dealkylation sites (N-methyl/N-ethyl adjacent to an activating group) is 1. The van der Waals surface area contributed by atoms with Crippen molar-refractivity contribution in [2.75, 3.05) is 27.3 Å². The summed E-state index contributed by atoms with van der Waals surface area (Å²) in [5.74, 6) is -1.19. The Hall–Kier alpha value is -1.14. The number of halogens is 4. The van der Waals surface area contributed by atoms with Crippen molar-refractivity contribution >= 4 is 0 Å². The zero-order valence-corrected chi connectivity index (χ0v) is 11.1. The lowest BCUT2D eigenvalue weighted by atomic mass is 10.0. The van der Waals surface area contributed by atoms with E-state index in [0.717, 1.165) is 6.07 Å². The quantitative estimate of drug-likeness (QED) is 0.767. The van der Waals surface area contributed by atoms with Gasteiger partial charge in [-0.3, -0.25) is 4.90 Å². The van der Waals surface area contributed by atoms with Gasteiger partial charge in [0.1, 0.15) is 5.82 Å². The standard InChI is InChI=1S/C13H17F4NO/c1-9-6-10(8-18(2)4-5-19-3)12(14)11(7-9)13(15,16)17/h6-7H,4-5,8H2,1-3H3. The first kappa shape index (κ1) is 15.9.